The first-order valence-electron chi connectivity index (χ1n) is 6.64. The fourth-order valence-corrected chi connectivity index (χ4v) is 4.07. The van der Waals surface area contributed by atoms with Crippen molar-refractivity contribution in [3.63, 3.8) is 0 Å². The Balaban J connectivity index is 3.24. The van der Waals surface area contributed by atoms with E-state index in [0.717, 1.165) is 6.42 Å². The highest BCUT2D eigenvalue weighted by atomic mass is 35.5. The molecule has 118 valence electrons. The van der Waals surface area contributed by atoms with Crippen LogP contribution in [-0.4, -0.2) is 30.8 Å². The molecule has 0 fully saturated rings. The maximum Gasteiger partial charge on any atom is 0.244 e. The molecule has 0 saturated heterocycles. The van der Waals surface area contributed by atoms with Crippen molar-refractivity contribution in [2.24, 2.45) is 11.7 Å². The summed E-state index contributed by atoms with van der Waals surface area (Å²) in [5.41, 5.74) is 6.04. The third kappa shape index (κ3) is 4.39. The van der Waals surface area contributed by atoms with Crippen molar-refractivity contribution in [1.29, 1.82) is 0 Å². The van der Waals surface area contributed by atoms with Crippen LogP contribution in [0.15, 0.2) is 23.1 Å². The van der Waals surface area contributed by atoms with E-state index in [4.69, 9.17) is 29.6 Å². The summed E-state index contributed by atoms with van der Waals surface area (Å²) in [5.74, 6) is 0.399. The van der Waals surface area contributed by atoms with E-state index in [2.05, 4.69) is 13.8 Å². The summed E-state index contributed by atoms with van der Waals surface area (Å²) < 4.78 is 26.8. The molecule has 0 saturated carbocycles. The van der Waals surface area contributed by atoms with Crippen molar-refractivity contribution in [3.8, 4) is 0 Å². The smallest absolute Gasteiger partial charge is 0.244 e. The first kappa shape index (κ1) is 18.4. The molecule has 1 aromatic carbocycles. The van der Waals surface area contributed by atoms with Gasteiger partial charge in [0.25, 0.3) is 0 Å². The number of halogens is 1. The predicted octanol–water partition coefficient (Wildman–Crippen LogP) is 3.03. The number of nitrogens with two attached hydrogens (primary N) is 1. The van der Waals surface area contributed by atoms with Gasteiger partial charge in [-0.25, -0.2) is 8.42 Å². The fraction of sp³-hybridized carbons (Fsp3) is 0.500. The molecule has 0 amide bonds. The predicted molar refractivity (Wildman–Crippen MR) is 91.2 cm³/mol. The Kier molecular flexibility index (Phi) is 6.16. The third-order valence-corrected chi connectivity index (χ3v) is 6.00. The Bertz CT molecular complexity index is 630. The second-order valence-electron chi connectivity index (χ2n) is 5.51. The SMILES string of the molecule is CC(C)CC(C)N(C)S(=O)(=O)c1cc(C(N)=S)ccc1Cl. The number of hydrogen-bond donors (Lipinski definition) is 1. The van der Waals surface area contributed by atoms with E-state index in [1.165, 1.54) is 16.4 Å². The fourth-order valence-electron chi connectivity index (χ4n) is 2.08. The standard InChI is InChI=1S/C14H21ClN2O2S2/c1-9(2)7-10(3)17(4)21(18,19)13-8-11(14(16)20)5-6-12(13)15/h5-6,8-10H,7H2,1-4H3,(H2,16,20). The zero-order valence-corrected chi connectivity index (χ0v) is 15.0. The van der Waals surface area contributed by atoms with Crippen molar-refractivity contribution in [2.45, 2.75) is 38.1 Å². The molecule has 0 aromatic heterocycles. The van der Waals surface area contributed by atoms with Gasteiger partial charge in [0.05, 0.1) is 5.02 Å². The molecule has 21 heavy (non-hydrogen) atoms. The number of benzene rings is 1. The summed E-state index contributed by atoms with van der Waals surface area (Å²) in [6, 6.07) is 4.42. The lowest BCUT2D eigenvalue weighted by atomic mass is 10.1. The maximum absolute atomic E-state index is 12.7. The van der Waals surface area contributed by atoms with Gasteiger partial charge in [0.2, 0.25) is 10.0 Å². The maximum atomic E-state index is 12.7. The van der Waals surface area contributed by atoms with Crippen LogP contribution in [0.4, 0.5) is 0 Å². The van der Waals surface area contributed by atoms with Gasteiger partial charge < -0.3 is 5.73 Å². The zero-order chi connectivity index (χ0) is 16.4. The van der Waals surface area contributed by atoms with Crippen LogP contribution in [0.1, 0.15) is 32.8 Å². The molecule has 0 aliphatic carbocycles. The van der Waals surface area contributed by atoms with E-state index in [9.17, 15) is 8.42 Å². The Morgan fingerprint density at radius 2 is 1.95 bits per heavy atom. The summed E-state index contributed by atoms with van der Waals surface area (Å²) in [5, 5.41) is 0.165. The number of nitrogens with zero attached hydrogens (tertiary/aromatic N) is 1. The van der Waals surface area contributed by atoms with Gasteiger partial charge >= 0.3 is 0 Å². The van der Waals surface area contributed by atoms with Crippen LogP contribution in [-0.2, 0) is 10.0 Å². The van der Waals surface area contributed by atoms with E-state index in [1.807, 2.05) is 6.92 Å². The molecule has 0 bridgehead atoms. The van der Waals surface area contributed by atoms with E-state index in [-0.39, 0.29) is 20.9 Å². The van der Waals surface area contributed by atoms with Gasteiger partial charge in [-0.2, -0.15) is 4.31 Å². The second kappa shape index (κ2) is 7.05. The third-order valence-electron chi connectivity index (χ3n) is 3.31. The molecular weight excluding hydrogens is 328 g/mol. The van der Waals surface area contributed by atoms with E-state index in [0.29, 0.717) is 11.5 Å². The van der Waals surface area contributed by atoms with Crippen LogP contribution in [0.3, 0.4) is 0 Å². The lowest BCUT2D eigenvalue weighted by molar-refractivity contribution is 0.338. The van der Waals surface area contributed by atoms with Crippen molar-refractivity contribution in [2.75, 3.05) is 7.05 Å². The van der Waals surface area contributed by atoms with Crippen LogP contribution in [0.2, 0.25) is 5.02 Å². The van der Waals surface area contributed by atoms with Crippen LogP contribution in [0.25, 0.3) is 0 Å². The normalized spacial score (nSPS) is 13.7. The minimum atomic E-state index is -3.68. The number of sulfonamides is 1. The molecule has 1 aromatic rings. The lowest BCUT2D eigenvalue weighted by Crippen LogP contribution is -2.36. The van der Waals surface area contributed by atoms with Gasteiger partial charge in [-0.3, -0.25) is 0 Å². The molecule has 1 rings (SSSR count). The first-order chi connectivity index (χ1) is 9.57. The molecule has 2 N–H and O–H groups in total. The minimum Gasteiger partial charge on any atom is -0.389 e. The van der Waals surface area contributed by atoms with Crippen molar-refractivity contribution in [1.82, 2.24) is 4.31 Å². The van der Waals surface area contributed by atoms with Gasteiger partial charge in [0.1, 0.15) is 9.88 Å². The number of thiocarbonyl (C=S) groups is 1. The topological polar surface area (TPSA) is 63.4 Å². The van der Waals surface area contributed by atoms with Gasteiger partial charge in [-0.15, -0.1) is 0 Å². The molecule has 1 unspecified atom stereocenters. The van der Waals surface area contributed by atoms with Crippen molar-refractivity contribution >= 4 is 38.8 Å². The van der Waals surface area contributed by atoms with Crippen molar-refractivity contribution < 1.29 is 8.42 Å². The van der Waals surface area contributed by atoms with Crippen LogP contribution < -0.4 is 5.73 Å². The highest BCUT2D eigenvalue weighted by Gasteiger charge is 2.28. The summed E-state index contributed by atoms with van der Waals surface area (Å²) >= 11 is 10.9. The molecule has 0 aliphatic rings. The Morgan fingerprint density at radius 1 is 1.38 bits per heavy atom. The van der Waals surface area contributed by atoms with Crippen LogP contribution in [0.5, 0.6) is 0 Å². The molecule has 0 radical (unpaired) electrons. The Morgan fingerprint density at radius 3 is 2.43 bits per heavy atom. The molecule has 1 atom stereocenters. The first-order valence-corrected chi connectivity index (χ1v) is 8.87. The van der Waals surface area contributed by atoms with E-state index in [1.54, 1.807) is 13.1 Å². The molecule has 7 heteroatoms. The van der Waals surface area contributed by atoms with Gasteiger partial charge in [0, 0.05) is 18.7 Å². The van der Waals surface area contributed by atoms with E-state index < -0.39 is 10.0 Å². The lowest BCUT2D eigenvalue weighted by Gasteiger charge is -2.26. The average molecular weight is 349 g/mol. The van der Waals surface area contributed by atoms with Gasteiger partial charge in [-0.1, -0.05) is 43.7 Å². The summed E-state index contributed by atoms with van der Waals surface area (Å²) in [7, 11) is -2.12. The van der Waals surface area contributed by atoms with E-state index >= 15 is 0 Å². The molecule has 0 heterocycles. The second-order valence-corrected chi connectivity index (χ2v) is 8.32. The highest BCUT2D eigenvalue weighted by Crippen LogP contribution is 2.27. The quantitative estimate of drug-likeness (QED) is 0.802. The zero-order valence-electron chi connectivity index (χ0n) is 12.6. The van der Waals surface area contributed by atoms with Crippen molar-refractivity contribution in [3.05, 3.63) is 28.8 Å². The summed E-state index contributed by atoms with van der Waals surface area (Å²) in [6.45, 7) is 5.98. The Hall–Kier alpha value is -0.690. The number of rotatable bonds is 6. The highest BCUT2D eigenvalue weighted by molar-refractivity contribution is 7.89. The average Bonchev–Trinajstić information content (AvgIpc) is 2.36. The van der Waals surface area contributed by atoms with Gasteiger partial charge in [0.15, 0.2) is 0 Å². The molecule has 4 nitrogen and oxygen atoms in total. The monoisotopic (exact) mass is 348 g/mol. The number of hydrogen-bond acceptors (Lipinski definition) is 3. The summed E-state index contributed by atoms with van der Waals surface area (Å²) in [4.78, 5) is 0.175. The van der Waals surface area contributed by atoms with Crippen LogP contribution in [0, 0.1) is 5.92 Å². The molecule has 0 spiro atoms. The largest absolute Gasteiger partial charge is 0.389 e. The molecular formula is C14H21ClN2O2S2. The van der Waals surface area contributed by atoms with Gasteiger partial charge in [-0.05, 0) is 31.4 Å². The Labute approximate surface area is 137 Å². The molecule has 0 aliphatic heterocycles. The summed E-state index contributed by atoms with van der Waals surface area (Å²) in [6.07, 6.45) is 0.766. The minimum absolute atomic E-state index is 0.0348. The van der Waals surface area contributed by atoms with Crippen LogP contribution >= 0.6 is 23.8 Å².